The third-order valence-electron chi connectivity index (χ3n) is 5.07. The first-order chi connectivity index (χ1) is 9.32. The van der Waals surface area contributed by atoms with Crippen molar-refractivity contribution in [1.29, 1.82) is 0 Å². The van der Waals surface area contributed by atoms with Gasteiger partial charge in [-0.1, -0.05) is 26.2 Å². The average Bonchev–Trinajstić information content (AvgIpc) is 2.74. The number of nitrogens with zero attached hydrogens (tertiary/aromatic N) is 1. The Balaban J connectivity index is 2.08. The van der Waals surface area contributed by atoms with E-state index in [0.717, 1.165) is 12.8 Å². The van der Waals surface area contributed by atoms with E-state index in [-0.39, 0.29) is 23.7 Å². The molecule has 1 heterocycles. The fourth-order valence-corrected chi connectivity index (χ4v) is 3.81. The van der Waals surface area contributed by atoms with Gasteiger partial charge in [0.1, 0.15) is 0 Å². The largest absolute Gasteiger partial charge is 0.331 e. The molecule has 0 radical (unpaired) electrons. The third-order valence-corrected chi connectivity index (χ3v) is 5.07. The van der Waals surface area contributed by atoms with Crippen molar-refractivity contribution >= 4 is 11.7 Å². The van der Waals surface area contributed by atoms with E-state index in [1.165, 1.54) is 19.3 Å². The second kappa shape index (κ2) is 5.84. The molecule has 0 bridgehead atoms. The number of rotatable bonds is 3. The molecule has 0 aromatic heterocycles. The van der Waals surface area contributed by atoms with E-state index in [1.807, 2.05) is 13.8 Å². The number of hydrogen-bond donors (Lipinski definition) is 1. The highest BCUT2D eigenvalue weighted by Gasteiger charge is 2.44. The van der Waals surface area contributed by atoms with E-state index < -0.39 is 5.54 Å². The van der Waals surface area contributed by atoms with Crippen LogP contribution < -0.4 is 5.73 Å². The van der Waals surface area contributed by atoms with Crippen LogP contribution in [0.3, 0.4) is 0 Å². The first-order valence-electron chi connectivity index (χ1n) is 7.91. The van der Waals surface area contributed by atoms with E-state index in [0.29, 0.717) is 18.9 Å². The number of Topliss-reactive ketones (excluding diaryl/α,β-unsaturated/α-hetero) is 1. The van der Waals surface area contributed by atoms with Crippen LogP contribution in [0, 0.1) is 11.8 Å². The lowest BCUT2D eigenvalue weighted by Gasteiger charge is -2.32. The minimum Gasteiger partial charge on any atom is -0.331 e. The molecule has 3 atom stereocenters. The predicted molar refractivity (Wildman–Crippen MR) is 79.1 cm³/mol. The van der Waals surface area contributed by atoms with Crippen molar-refractivity contribution in [2.24, 2.45) is 17.6 Å². The van der Waals surface area contributed by atoms with Crippen molar-refractivity contribution in [2.75, 3.05) is 6.54 Å². The molecule has 4 nitrogen and oxygen atoms in total. The van der Waals surface area contributed by atoms with Crippen LogP contribution in [0.5, 0.6) is 0 Å². The molecule has 2 fully saturated rings. The van der Waals surface area contributed by atoms with Crippen LogP contribution >= 0.6 is 0 Å². The first kappa shape index (κ1) is 15.5. The Kier molecular flexibility index (Phi) is 4.52. The second-order valence-electron chi connectivity index (χ2n) is 7.14. The van der Waals surface area contributed by atoms with Gasteiger partial charge in [0.05, 0.1) is 6.04 Å². The zero-order valence-electron chi connectivity index (χ0n) is 13.0. The number of nitrogens with two attached hydrogens (primary N) is 1. The topological polar surface area (TPSA) is 63.4 Å². The fourth-order valence-electron chi connectivity index (χ4n) is 3.81. The monoisotopic (exact) mass is 280 g/mol. The molecule has 114 valence electrons. The molecule has 1 amide bonds. The van der Waals surface area contributed by atoms with Crippen molar-refractivity contribution < 1.29 is 9.59 Å². The summed E-state index contributed by atoms with van der Waals surface area (Å²) >= 11 is 0. The Morgan fingerprint density at radius 3 is 2.40 bits per heavy atom. The summed E-state index contributed by atoms with van der Waals surface area (Å²) in [5.74, 6) is 0.689. The van der Waals surface area contributed by atoms with E-state index in [9.17, 15) is 9.59 Å². The molecule has 1 aliphatic heterocycles. The van der Waals surface area contributed by atoms with Crippen LogP contribution in [0.1, 0.15) is 59.3 Å². The molecule has 2 rings (SSSR count). The highest BCUT2D eigenvalue weighted by molar-refractivity contribution is 5.89. The number of likely N-dealkylation sites (tertiary alicyclic amines) is 1. The highest BCUT2D eigenvalue weighted by atomic mass is 16.2. The van der Waals surface area contributed by atoms with Gasteiger partial charge in [0, 0.05) is 18.0 Å². The smallest absolute Gasteiger partial charge is 0.226 e. The van der Waals surface area contributed by atoms with Gasteiger partial charge in [0.25, 0.3) is 0 Å². The number of hydrogen-bond acceptors (Lipinski definition) is 3. The fraction of sp³-hybridized carbons (Fsp3) is 0.875. The molecule has 2 aliphatic rings. The minimum absolute atomic E-state index is 0.0195. The molecule has 20 heavy (non-hydrogen) atoms. The summed E-state index contributed by atoms with van der Waals surface area (Å²) in [4.78, 5) is 26.3. The molecule has 0 spiro atoms. The molecular formula is C16H28N2O2. The van der Waals surface area contributed by atoms with Crippen LogP contribution in [0.4, 0.5) is 0 Å². The predicted octanol–water partition coefficient (Wildman–Crippen LogP) is 2.11. The SMILES string of the molecule is CC(=O)C1CC(C)(N)CN1C(=O)C(C)C1CCCCC1. The quantitative estimate of drug-likeness (QED) is 0.861. The molecule has 2 N–H and O–H groups in total. The summed E-state index contributed by atoms with van der Waals surface area (Å²) in [6, 6.07) is -0.316. The molecule has 4 heteroatoms. The second-order valence-corrected chi connectivity index (χ2v) is 7.14. The highest BCUT2D eigenvalue weighted by Crippen LogP contribution is 2.33. The molecule has 1 saturated carbocycles. The van der Waals surface area contributed by atoms with E-state index >= 15 is 0 Å². The Morgan fingerprint density at radius 2 is 1.85 bits per heavy atom. The van der Waals surface area contributed by atoms with Gasteiger partial charge in [0.15, 0.2) is 5.78 Å². The first-order valence-corrected chi connectivity index (χ1v) is 7.91. The lowest BCUT2D eigenvalue weighted by atomic mass is 9.80. The normalized spacial score (nSPS) is 33.2. The van der Waals surface area contributed by atoms with Crippen molar-refractivity contribution in [3.63, 3.8) is 0 Å². The van der Waals surface area contributed by atoms with Gasteiger partial charge in [-0.15, -0.1) is 0 Å². The van der Waals surface area contributed by atoms with Crippen molar-refractivity contribution in [1.82, 2.24) is 4.90 Å². The number of amides is 1. The van der Waals surface area contributed by atoms with Gasteiger partial charge in [0.2, 0.25) is 5.91 Å². The number of ketones is 1. The molecular weight excluding hydrogens is 252 g/mol. The Bertz CT molecular complexity index is 386. The van der Waals surface area contributed by atoms with Crippen LogP contribution in [0.15, 0.2) is 0 Å². The van der Waals surface area contributed by atoms with Crippen LogP contribution in [-0.2, 0) is 9.59 Å². The Morgan fingerprint density at radius 1 is 1.25 bits per heavy atom. The van der Waals surface area contributed by atoms with E-state index in [2.05, 4.69) is 0 Å². The number of carbonyl (C=O) groups excluding carboxylic acids is 2. The zero-order chi connectivity index (χ0) is 14.9. The standard InChI is InChI=1S/C16H28N2O2/c1-11(13-7-5-4-6-8-13)15(20)18-10-16(3,17)9-14(18)12(2)19/h11,13-14H,4-10,17H2,1-3H3. The Hall–Kier alpha value is -0.900. The zero-order valence-corrected chi connectivity index (χ0v) is 13.0. The Labute approximate surface area is 122 Å². The molecule has 3 unspecified atom stereocenters. The maximum atomic E-state index is 12.8. The third kappa shape index (κ3) is 3.22. The van der Waals surface area contributed by atoms with Gasteiger partial charge in [-0.25, -0.2) is 0 Å². The van der Waals surface area contributed by atoms with E-state index in [4.69, 9.17) is 5.73 Å². The minimum atomic E-state index is -0.432. The van der Waals surface area contributed by atoms with Crippen molar-refractivity contribution in [3.05, 3.63) is 0 Å². The number of carbonyl (C=O) groups is 2. The van der Waals surface area contributed by atoms with Crippen molar-refractivity contribution in [2.45, 2.75) is 70.9 Å². The molecule has 0 aromatic carbocycles. The summed E-state index contributed by atoms with van der Waals surface area (Å²) in [6.07, 6.45) is 6.63. The van der Waals surface area contributed by atoms with Gasteiger partial charge < -0.3 is 10.6 Å². The lowest BCUT2D eigenvalue weighted by Crippen LogP contribution is -2.45. The maximum Gasteiger partial charge on any atom is 0.226 e. The molecule has 1 saturated heterocycles. The summed E-state index contributed by atoms with van der Waals surface area (Å²) in [7, 11) is 0. The lowest BCUT2D eigenvalue weighted by molar-refractivity contribution is -0.141. The summed E-state index contributed by atoms with van der Waals surface area (Å²) in [6.45, 7) is 6.04. The average molecular weight is 280 g/mol. The van der Waals surface area contributed by atoms with Crippen LogP contribution in [0.2, 0.25) is 0 Å². The molecule has 0 aromatic rings. The maximum absolute atomic E-state index is 12.8. The van der Waals surface area contributed by atoms with Crippen LogP contribution in [0.25, 0.3) is 0 Å². The summed E-state index contributed by atoms with van der Waals surface area (Å²) < 4.78 is 0. The van der Waals surface area contributed by atoms with Gasteiger partial charge in [-0.3, -0.25) is 9.59 Å². The van der Waals surface area contributed by atoms with Gasteiger partial charge >= 0.3 is 0 Å². The van der Waals surface area contributed by atoms with Gasteiger partial charge in [-0.2, -0.15) is 0 Å². The van der Waals surface area contributed by atoms with Crippen LogP contribution in [-0.4, -0.2) is 34.7 Å². The summed E-state index contributed by atoms with van der Waals surface area (Å²) in [5, 5.41) is 0. The summed E-state index contributed by atoms with van der Waals surface area (Å²) in [5.41, 5.74) is 5.73. The van der Waals surface area contributed by atoms with Gasteiger partial charge in [-0.05, 0) is 39.0 Å². The van der Waals surface area contributed by atoms with E-state index in [1.54, 1.807) is 11.8 Å². The van der Waals surface area contributed by atoms with Crippen molar-refractivity contribution in [3.8, 4) is 0 Å². The molecule has 1 aliphatic carbocycles.